The van der Waals surface area contributed by atoms with Crippen LogP contribution >= 0.6 is 11.6 Å². The SMILES string of the molecule is Cc1onc(-c2ccccc2Cl)c1C(=O)NC1C2CC3CC(C2)CC1C3. The van der Waals surface area contributed by atoms with Gasteiger partial charge in [-0.3, -0.25) is 4.79 Å². The van der Waals surface area contributed by atoms with E-state index in [1.807, 2.05) is 18.2 Å². The van der Waals surface area contributed by atoms with Gasteiger partial charge in [-0.05, 0) is 68.8 Å². The number of halogens is 1. The molecule has 136 valence electrons. The van der Waals surface area contributed by atoms with Crippen LogP contribution in [0.1, 0.15) is 48.2 Å². The standard InChI is InChI=1S/C21H23ClN2O2/c1-11-18(20(24-26-11)16-4-2-3-5-17(16)22)21(25)23-19-14-7-12-6-13(9-14)10-15(19)8-12/h2-5,12-15,19H,6-10H2,1H3,(H,23,25). The molecule has 0 atom stereocenters. The minimum atomic E-state index is -0.0730. The first-order valence-corrected chi connectivity index (χ1v) is 10.00. The Hall–Kier alpha value is -1.81. The van der Waals surface area contributed by atoms with Gasteiger partial charge >= 0.3 is 0 Å². The molecule has 1 aromatic carbocycles. The van der Waals surface area contributed by atoms with Crippen LogP contribution in [0.15, 0.2) is 28.8 Å². The number of carbonyl (C=O) groups excluding carboxylic acids is 1. The van der Waals surface area contributed by atoms with Gasteiger partial charge in [0.15, 0.2) is 0 Å². The zero-order valence-electron chi connectivity index (χ0n) is 14.9. The molecule has 26 heavy (non-hydrogen) atoms. The summed E-state index contributed by atoms with van der Waals surface area (Å²) in [6.07, 6.45) is 6.51. The van der Waals surface area contributed by atoms with Crippen LogP contribution in [0.3, 0.4) is 0 Å². The number of nitrogens with one attached hydrogen (secondary N) is 1. The monoisotopic (exact) mass is 370 g/mol. The maximum Gasteiger partial charge on any atom is 0.257 e. The second kappa shape index (κ2) is 6.12. The summed E-state index contributed by atoms with van der Waals surface area (Å²) in [4.78, 5) is 13.2. The van der Waals surface area contributed by atoms with Crippen molar-refractivity contribution in [1.82, 2.24) is 10.5 Å². The lowest BCUT2D eigenvalue weighted by Crippen LogP contribution is -2.55. The normalized spacial score (nSPS) is 32.0. The van der Waals surface area contributed by atoms with Crippen LogP contribution in [0.5, 0.6) is 0 Å². The number of aromatic nitrogens is 1. The molecule has 4 fully saturated rings. The number of nitrogens with zero attached hydrogens (tertiary/aromatic N) is 1. The average Bonchev–Trinajstić information content (AvgIpc) is 2.99. The van der Waals surface area contributed by atoms with Crippen LogP contribution in [0.2, 0.25) is 5.02 Å². The van der Waals surface area contributed by atoms with E-state index in [4.69, 9.17) is 16.1 Å². The second-order valence-corrected chi connectivity index (χ2v) is 8.78. The molecule has 2 aromatic rings. The molecule has 0 spiro atoms. The van der Waals surface area contributed by atoms with E-state index < -0.39 is 0 Å². The summed E-state index contributed by atoms with van der Waals surface area (Å²) in [5.41, 5.74) is 1.79. The molecule has 0 saturated heterocycles. The van der Waals surface area contributed by atoms with Crippen molar-refractivity contribution in [3.05, 3.63) is 40.6 Å². The molecule has 0 unspecified atom stereocenters. The highest BCUT2D eigenvalue weighted by molar-refractivity contribution is 6.33. The van der Waals surface area contributed by atoms with Gasteiger partial charge in [0.1, 0.15) is 17.0 Å². The Morgan fingerprint density at radius 3 is 2.42 bits per heavy atom. The van der Waals surface area contributed by atoms with E-state index in [1.165, 1.54) is 32.1 Å². The summed E-state index contributed by atoms with van der Waals surface area (Å²) in [5.74, 6) is 3.53. The largest absolute Gasteiger partial charge is 0.360 e. The van der Waals surface area contributed by atoms with Crippen LogP contribution in [0.25, 0.3) is 11.3 Å². The van der Waals surface area contributed by atoms with Gasteiger partial charge in [-0.25, -0.2) is 0 Å². The number of rotatable bonds is 3. The van der Waals surface area contributed by atoms with Gasteiger partial charge in [0, 0.05) is 11.6 Å². The second-order valence-electron chi connectivity index (χ2n) is 8.37. The summed E-state index contributed by atoms with van der Waals surface area (Å²) >= 11 is 6.32. The first-order valence-electron chi connectivity index (χ1n) is 9.62. The van der Waals surface area contributed by atoms with Gasteiger partial charge in [-0.1, -0.05) is 35.0 Å². The lowest BCUT2D eigenvalue weighted by Gasteiger charge is -2.54. The molecular weight excluding hydrogens is 348 g/mol. The van der Waals surface area contributed by atoms with Gasteiger partial charge in [0.25, 0.3) is 5.91 Å². The lowest BCUT2D eigenvalue weighted by molar-refractivity contribution is -0.0119. The molecule has 4 bridgehead atoms. The summed E-state index contributed by atoms with van der Waals surface area (Å²) in [6.45, 7) is 1.79. The van der Waals surface area contributed by atoms with Crippen molar-refractivity contribution >= 4 is 17.5 Å². The molecule has 4 aliphatic rings. The minimum Gasteiger partial charge on any atom is -0.360 e. The van der Waals surface area contributed by atoms with E-state index >= 15 is 0 Å². The van der Waals surface area contributed by atoms with Crippen molar-refractivity contribution in [3.8, 4) is 11.3 Å². The summed E-state index contributed by atoms with van der Waals surface area (Å²) in [5, 5.41) is 8.06. The Labute approximate surface area is 158 Å². The fraction of sp³-hybridized carbons (Fsp3) is 0.524. The average molecular weight is 371 g/mol. The summed E-state index contributed by atoms with van der Waals surface area (Å²) in [6, 6.07) is 7.74. The molecule has 1 N–H and O–H groups in total. The maximum absolute atomic E-state index is 13.2. The Morgan fingerprint density at radius 2 is 1.77 bits per heavy atom. The van der Waals surface area contributed by atoms with Gasteiger partial charge < -0.3 is 9.84 Å². The van der Waals surface area contributed by atoms with E-state index in [1.54, 1.807) is 13.0 Å². The van der Waals surface area contributed by atoms with Crippen molar-refractivity contribution in [2.75, 3.05) is 0 Å². The van der Waals surface area contributed by atoms with Gasteiger partial charge in [0.2, 0.25) is 0 Å². The number of carbonyl (C=O) groups is 1. The van der Waals surface area contributed by atoms with Crippen LogP contribution in [0, 0.1) is 30.6 Å². The van der Waals surface area contributed by atoms with Gasteiger partial charge in [-0.15, -0.1) is 0 Å². The molecule has 1 aromatic heterocycles. The highest BCUT2D eigenvalue weighted by Crippen LogP contribution is 2.53. The van der Waals surface area contributed by atoms with Crippen molar-refractivity contribution < 1.29 is 9.32 Å². The lowest BCUT2D eigenvalue weighted by atomic mass is 9.54. The Bertz CT molecular complexity index is 831. The topological polar surface area (TPSA) is 55.1 Å². The number of amides is 1. The van der Waals surface area contributed by atoms with Crippen molar-refractivity contribution in [2.45, 2.75) is 45.1 Å². The third-order valence-electron chi connectivity index (χ3n) is 6.74. The fourth-order valence-electron chi connectivity index (χ4n) is 5.86. The summed E-state index contributed by atoms with van der Waals surface area (Å²) in [7, 11) is 0. The molecule has 4 aliphatic carbocycles. The molecule has 6 rings (SSSR count). The maximum atomic E-state index is 13.2. The Balaban J connectivity index is 1.43. The molecular formula is C21H23ClN2O2. The van der Waals surface area contributed by atoms with E-state index in [0.717, 1.165) is 17.4 Å². The predicted octanol–water partition coefficient (Wildman–Crippen LogP) is 4.86. The third kappa shape index (κ3) is 2.58. The van der Waals surface area contributed by atoms with Crippen LogP contribution < -0.4 is 5.32 Å². The van der Waals surface area contributed by atoms with E-state index in [9.17, 15) is 4.79 Å². The first kappa shape index (κ1) is 16.4. The fourth-order valence-corrected chi connectivity index (χ4v) is 6.09. The predicted molar refractivity (Wildman–Crippen MR) is 100.0 cm³/mol. The zero-order valence-corrected chi connectivity index (χ0v) is 15.6. The smallest absolute Gasteiger partial charge is 0.257 e. The molecule has 4 nitrogen and oxygen atoms in total. The van der Waals surface area contributed by atoms with E-state index in [2.05, 4.69) is 10.5 Å². The quantitative estimate of drug-likeness (QED) is 0.839. The summed E-state index contributed by atoms with van der Waals surface area (Å²) < 4.78 is 5.36. The number of hydrogen-bond donors (Lipinski definition) is 1. The van der Waals surface area contributed by atoms with E-state index in [-0.39, 0.29) is 5.91 Å². The molecule has 5 heteroatoms. The Morgan fingerprint density at radius 1 is 1.12 bits per heavy atom. The Kier molecular flexibility index (Phi) is 3.85. The van der Waals surface area contributed by atoms with Crippen molar-refractivity contribution in [2.24, 2.45) is 23.7 Å². The molecule has 0 aliphatic heterocycles. The number of aryl methyl sites for hydroxylation is 1. The molecule has 1 heterocycles. The van der Waals surface area contributed by atoms with Crippen LogP contribution in [-0.4, -0.2) is 17.1 Å². The number of hydrogen-bond acceptors (Lipinski definition) is 3. The first-order chi connectivity index (χ1) is 12.6. The van der Waals surface area contributed by atoms with Crippen molar-refractivity contribution in [3.63, 3.8) is 0 Å². The van der Waals surface area contributed by atoms with Gasteiger partial charge in [-0.2, -0.15) is 0 Å². The molecule has 4 saturated carbocycles. The van der Waals surface area contributed by atoms with Crippen LogP contribution in [-0.2, 0) is 0 Å². The minimum absolute atomic E-state index is 0.0730. The highest BCUT2D eigenvalue weighted by atomic mass is 35.5. The molecule has 1 amide bonds. The van der Waals surface area contributed by atoms with Gasteiger partial charge in [0.05, 0.1) is 5.02 Å². The number of benzene rings is 1. The highest BCUT2D eigenvalue weighted by Gasteiger charge is 2.48. The van der Waals surface area contributed by atoms with E-state index in [0.29, 0.717) is 39.9 Å². The van der Waals surface area contributed by atoms with Crippen molar-refractivity contribution in [1.29, 1.82) is 0 Å². The third-order valence-corrected chi connectivity index (χ3v) is 7.07. The van der Waals surface area contributed by atoms with Crippen LogP contribution in [0.4, 0.5) is 0 Å². The zero-order chi connectivity index (χ0) is 17.8. The molecule has 0 radical (unpaired) electrons.